The van der Waals surface area contributed by atoms with Crippen LogP contribution < -0.4 is 0 Å². The van der Waals surface area contributed by atoms with Gasteiger partial charge in [0.2, 0.25) is 10.0 Å². The second kappa shape index (κ2) is 5.01. The molecule has 2 rings (SSSR count). The van der Waals surface area contributed by atoms with E-state index in [1.54, 1.807) is 0 Å². The van der Waals surface area contributed by atoms with E-state index in [0.29, 0.717) is 4.31 Å². The fraction of sp³-hybridized carbons (Fsp3) is 0.545. The van der Waals surface area contributed by atoms with Crippen molar-refractivity contribution in [1.82, 2.24) is 4.31 Å². The summed E-state index contributed by atoms with van der Waals surface area (Å²) in [5.74, 6) is -2.04. The lowest BCUT2D eigenvalue weighted by atomic mass is 10.2. The number of carboxylic acid groups (broad SMARTS) is 1. The van der Waals surface area contributed by atoms with Gasteiger partial charge in [0.15, 0.2) is 6.04 Å². The number of nitrogens with zero attached hydrogens (tertiary/aromatic N) is 1. The van der Waals surface area contributed by atoms with Crippen LogP contribution in [0.1, 0.15) is 12.8 Å². The molecular formula is C11H13F2NO4S. The maximum absolute atomic E-state index is 13.5. The van der Waals surface area contributed by atoms with Crippen LogP contribution >= 0.6 is 0 Å². The van der Waals surface area contributed by atoms with Crippen molar-refractivity contribution in [2.75, 3.05) is 6.54 Å². The quantitative estimate of drug-likeness (QED) is 0.842. The fourth-order valence-electron chi connectivity index (χ4n) is 2.26. The first-order chi connectivity index (χ1) is 8.84. The van der Waals surface area contributed by atoms with Crippen LogP contribution in [0.2, 0.25) is 0 Å². The zero-order chi connectivity index (χ0) is 14.2. The summed E-state index contributed by atoms with van der Waals surface area (Å²) in [5.41, 5.74) is 0. The standard InChI is InChI=1S/C11H13F2NO4S/c12-7-1-3-8(4-2-7)19(17,18)14-6-5-9(13)10(14)11(15)16/h1-3,8-10H,4-6H2,(H,15,16). The van der Waals surface area contributed by atoms with E-state index in [1.807, 2.05) is 0 Å². The predicted molar refractivity (Wildman–Crippen MR) is 63.3 cm³/mol. The molecular weight excluding hydrogens is 280 g/mol. The molecule has 19 heavy (non-hydrogen) atoms. The zero-order valence-corrected chi connectivity index (χ0v) is 10.7. The van der Waals surface area contributed by atoms with Gasteiger partial charge in [-0.3, -0.25) is 4.79 Å². The molecule has 5 nitrogen and oxygen atoms in total. The van der Waals surface area contributed by atoms with Crippen LogP contribution in [0, 0.1) is 0 Å². The van der Waals surface area contributed by atoms with Gasteiger partial charge in [-0.2, -0.15) is 4.31 Å². The molecule has 0 aromatic rings. The molecule has 0 amide bonds. The Hall–Kier alpha value is -1.28. The molecule has 0 spiro atoms. The Morgan fingerprint density at radius 2 is 2.16 bits per heavy atom. The number of sulfonamides is 1. The van der Waals surface area contributed by atoms with Crippen LogP contribution in [-0.4, -0.2) is 47.8 Å². The molecule has 8 heteroatoms. The Labute approximate surface area is 109 Å². The summed E-state index contributed by atoms with van der Waals surface area (Å²) in [6.45, 7) is -0.170. The lowest BCUT2D eigenvalue weighted by molar-refractivity contribution is -0.142. The van der Waals surface area contributed by atoms with Crippen LogP contribution in [0.15, 0.2) is 24.1 Å². The van der Waals surface area contributed by atoms with E-state index in [9.17, 15) is 22.0 Å². The van der Waals surface area contributed by atoms with Crippen LogP contribution in [-0.2, 0) is 14.8 Å². The summed E-state index contributed by atoms with van der Waals surface area (Å²) in [5, 5.41) is 7.88. The Kier molecular flexibility index (Phi) is 3.73. The molecule has 1 heterocycles. The Balaban J connectivity index is 2.25. The van der Waals surface area contributed by atoms with Crippen LogP contribution in [0.3, 0.4) is 0 Å². The fourth-order valence-corrected chi connectivity index (χ4v) is 4.12. The van der Waals surface area contributed by atoms with Gasteiger partial charge in [0.1, 0.15) is 12.0 Å². The van der Waals surface area contributed by atoms with Crippen molar-refractivity contribution in [2.45, 2.75) is 30.3 Å². The Morgan fingerprint density at radius 3 is 2.68 bits per heavy atom. The van der Waals surface area contributed by atoms with E-state index in [0.717, 1.165) is 18.2 Å². The maximum Gasteiger partial charge on any atom is 0.325 e. The average Bonchev–Trinajstić information content (AvgIpc) is 2.72. The van der Waals surface area contributed by atoms with E-state index >= 15 is 0 Å². The summed E-state index contributed by atoms with van der Waals surface area (Å²) in [6.07, 6.45) is 1.36. The molecule has 1 N–H and O–H groups in total. The molecule has 0 bridgehead atoms. The van der Waals surface area contributed by atoms with Gasteiger partial charge < -0.3 is 5.11 Å². The number of aliphatic carboxylic acids is 1. The smallest absolute Gasteiger partial charge is 0.325 e. The zero-order valence-electron chi connectivity index (χ0n) is 9.87. The summed E-state index contributed by atoms with van der Waals surface area (Å²) >= 11 is 0. The maximum atomic E-state index is 13.5. The van der Waals surface area contributed by atoms with Gasteiger partial charge in [0.25, 0.3) is 0 Å². The summed E-state index contributed by atoms with van der Waals surface area (Å²) in [4.78, 5) is 11.0. The SMILES string of the molecule is O=C(O)C1C(F)CCN1S(=O)(=O)C1C=CC(F)=CC1. The molecule has 2 aliphatic rings. The molecule has 1 fully saturated rings. The van der Waals surface area contributed by atoms with E-state index < -0.39 is 39.3 Å². The molecule has 106 valence electrons. The monoisotopic (exact) mass is 293 g/mol. The largest absolute Gasteiger partial charge is 0.480 e. The highest BCUT2D eigenvalue weighted by Crippen LogP contribution is 2.29. The van der Waals surface area contributed by atoms with Gasteiger partial charge in [-0.1, -0.05) is 6.08 Å². The summed E-state index contributed by atoms with van der Waals surface area (Å²) in [7, 11) is -4.00. The number of hydrogen-bond acceptors (Lipinski definition) is 3. The van der Waals surface area contributed by atoms with Crippen molar-refractivity contribution >= 4 is 16.0 Å². The third-order valence-corrected chi connectivity index (χ3v) is 5.43. The molecule has 3 atom stereocenters. The lowest BCUT2D eigenvalue weighted by Gasteiger charge is -2.26. The topological polar surface area (TPSA) is 74.7 Å². The second-order valence-corrected chi connectivity index (χ2v) is 6.57. The van der Waals surface area contributed by atoms with Crippen LogP contribution in [0.5, 0.6) is 0 Å². The van der Waals surface area contributed by atoms with Crippen molar-refractivity contribution < 1.29 is 27.1 Å². The summed E-state index contributed by atoms with van der Waals surface area (Å²) < 4.78 is 51.4. The van der Waals surface area contributed by atoms with Gasteiger partial charge in [-0.05, 0) is 25.0 Å². The van der Waals surface area contributed by atoms with Crippen LogP contribution in [0.25, 0.3) is 0 Å². The lowest BCUT2D eigenvalue weighted by Crippen LogP contribution is -2.47. The number of alkyl halides is 1. The number of rotatable bonds is 3. The van der Waals surface area contributed by atoms with E-state index in [2.05, 4.69) is 0 Å². The molecule has 0 aromatic heterocycles. The third kappa shape index (κ3) is 2.55. The van der Waals surface area contributed by atoms with Gasteiger partial charge in [-0.15, -0.1) is 0 Å². The van der Waals surface area contributed by atoms with Gasteiger partial charge in [-0.25, -0.2) is 17.2 Å². The normalized spacial score (nSPS) is 32.3. The molecule has 1 aliphatic heterocycles. The van der Waals surface area contributed by atoms with Crippen LogP contribution in [0.4, 0.5) is 8.78 Å². The van der Waals surface area contributed by atoms with Crippen molar-refractivity contribution in [3.8, 4) is 0 Å². The van der Waals surface area contributed by atoms with Gasteiger partial charge in [0.05, 0.1) is 5.25 Å². The van der Waals surface area contributed by atoms with E-state index in [-0.39, 0.29) is 19.4 Å². The number of allylic oxidation sites excluding steroid dienone is 3. The average molecular weight is 293 g/mol. The highest BCUT2D eigenvalue weighted by molar-refractivity contribution is 7.90. The molecule has 0 saturated carbocycles. The van der Waals surface area contributed by atoms with Crippen molar-refractivity contribution in [3.63, 3.8) is 0 Å². The second-order valence-electron chi connectivity index (χ2n) is 4.47. The Morgan fingerprint density at radius 1 is 1.47 bits per heavy atom. The molecule has 3 unspecified atom stereocenters. The van der Waals surface area contributed by atoms with E-state index in [1.165, 1.54) is 0 Å². The van der Waals surface area contributed by atoms with E-state index in [4.69, 9.17) is 5.11 Å². The van der Waals surface area contributed by atoms with Gasteiger partial charge >= 0.3 is 5.97 Å². The number of carboxylic acids is 1. The molecule has 0 aromatic carbocycles. The molecule has 0 radical (unpaired) electrons. The number of hydrogen-bond donors (Lipinski definition) is 1. The minimum Gasteiger partial charge on any atom is -0.480 e. The third-order valence-electron chi connectivity index (χ3n) is 3.26. The number of halogens is 2. The molecule has 1 saturated heterocycles. The minimum absolute atomic E-state index is 0.0789. The molecule has 1 aliphatic carbocycles. The first kappa shape index (κ1) is 14.1. The first-order valence-electron chi connectivity index (χ1n) is 5.75. The predicted octanol–water partition coefficient (Wildman–Crippen LogP) is 0.995. The highest BCUT2D eigenvalue weighted by Gasteiger charge is 2.47. The highest BCUT2D eigenvalue weighted by atomic mass is 32.2. The van der Waals surface area contributed by atoms with Gasteiger partial charge in [0, 0.05) is 6.54 Å². The van der Waals surface area contributed by atoms with Crippen molar-refractivity contribution in [2.24, 2.45) is 0 Å². The first-order valence-corrected chi connectivity index (χ1v) is 7.25. The van der Waals surface area contributed by atoms with Crippen molar-refractivity contribution in [1.29, 1.82) is 0 Å². The Bertz CT molecular complexity index is 543. The number of carbonyl (C=O) groups is 1. The minimum atomic E-state index is -4.00. The summed E-state index contributed by atoms with van der Waals surface area (Å²) in [6, 6.07) is -1.69. The van der Waals surface area contributed by atoms with Crippen molar-refractivity contribution in [3.05, 3.63) is 24.1 Å².